The largest absolute Gasteiger partial charge is 0.457 e. The Hall–Kier alpha value is -3.67. The molecule has 1 fully saturated rings. The Bertz CT molecular complexity index is 1090. The monoisotopic (exact) mass is 418 g/mol. The number of hydrogen-bond donors (Lipinski definition) is 0. The number of hydrogen-bond acceptors (Lipinski definition) is 4. The number of amides is 1. The first kappa shape index (κ1) is 20.6. The van der Waals surface area contributed by atoms with Gasteiger partial charge in [0.15, 0.2) is 5.78 Å². The second-order valence-corrected chi connectivity index (χ2v) is 7.44. The minimum absolute atomic E-state index is 0.0782. The number of piperazine rings is 1. The van der Waals surface area contributed by atoms with Crippen LogP contribution in [0.2, 0.25) is 0 Å². The van der Waals surface area contributed by atoms with Gasteiger partial charge < -0.3 is 14.5 Å². The fourth-order valence-electron chi connectivity index (χ4n) is 3.63. The third kappa shape index (κ3) is 4.74. The van der Waals surface area contributed by atoms with E-state index in [-0.39, 0.29) is 11.7 Å². The molecule has 0 bridgehead atoms. The Labute approximate surface area is 180 Å². The summed E-state index contributed by atoms with van der Waals surface area (Å²) in [4.78, 5) is 28.1. The van der Waals surface area contributed by atoms with Crippen molar-refractivity contribution in [3.8, 4) is 11.5 Å². The van der Waals surface area contributed by atoms with Gasteiger partial charge in [0.25, 0.3) is 5.91 Å². The summed E-state index contributed by atoms with van der Waals surface area (Å²) >= 11 is 0. The zero-order chi connectivity index (χ0) is 21.8. The highest BCUT2D eigenvalue weighted by Crippen LogP contribution is 2.25. The van der Waals surface area contributed by atoms with E-state index >= 15 is 0 Å². The Balaban J connectivity index is 1.40. The van der Waals surface area contributed by atoms with Gasteiger partial charge in [0.2, 0.25) is 0 Å². The fourth-order valence-corrected chi connectivity index (χ4v) is 3.63. The van der Waals surface area contributed by atoms with Gasteiger partial charge in [-0.05, 0) is 55.5 Å². The van der Waals surface area contributed by atoms with Crippen molar-refractivity contribution in [1.82, 2.24) is 4.90 Å². The lowest BCUT2D eigenvalue weighted by atomic mass is 10.1. The van der Waals surface area contributed by atoms with Crippen molar-refractivity contribution in [2.24, 2.45) is 0 Å². The lowest BCUT2D eigenvalue weighted by Crippen LogP contribution is -2.49. The number of Topliss-reactive ketones (excluding diaryl/α,β-unsaturated/α-hetero) is 1. The molecule has 1 aliphatic heterocycles. The van der Waals surface area contributed by atoms with Gasteiger partial charge in [0.1, 0.15) is 17.3 Å². The molecule has 1 amide bonds. The van der Waals surface area contributed by atoms with E-state index in [2.05, 4.69) is 0 Å². The standard InChI is InChI=1S/C25H23FN2O3/c1-18(29)19-10-11-24(23(26)17-19)27-12-14-28(15-13-27)25(30)20-6-5-9-22(16-20)31-21-7-3-2-4-8-21/h2-11,16-17H,12-15H2,1H3. The van der Waals surface area contributed by atoms with Crippen LogP contribution in [0.15, 0.2) is 72.8 Å². The van der Waals surface area contributed by atoms with E-state index in [4.69, 9.17) is 4.74 Å². The highest BCUT2D eigenvalue weighted by Gasteiger charge is 2.24. The van der Waals surface area contributed by atoms with Crippen molar-refractivity contribution in [3.05, 3.63) is 89.7 Å². The predicted octanol–water partition coefficient (Wildman–Crippen LogP) is 4.78. The summed E-state index contributed by atoms with van der Waals surface area (Å²) in [6, 6.07) is 21.1. The highest BCUT2D eigenvalue weighted by molar-refractivity contribution is 5.95. The zero-order valence-corrected chi connectivity index (χ0v) is 17.3. The molecule has 5 nitrogen and oxygen atoms in total. The third-order valence-corrected chi connectivity index (χ3v) is 5.32. The molecular formula is C25H23FN2O3. The van der Waals surface area contributed by atoms with Gasteiger partial charge in [-0.15, -0.1) is 0 Å². The smallest absolute Gasteiger partial charge is 0.254 e. The van der Waals surface area contributed by atoms with Crippen LogP contribution < -0.4 is 9.64 Å². The van der Waals surface area contributed by atoms with Crippen LogP contribution in [0.4, 0.5) is 10.1 Å². The van der Waals surface area contributed by atoms with E-state index in [0.29, 0.717) is 54.5 Å². The molecule has 31 heavy (non-hydrogen) atoms. The van der Waals surface area contributed by atoms with Crippen LogP contribution in [0.1, 0.15) is 27.6 Å². The first-order valence-electron chi connectivity index (χ1n) is 10.2. The average molecular weight is 418 g/mol. The molecule has 3 aromatic carbocycles. The van der Waals surface area contributed by atoms with Gasteiger partial charge in [-0.2, -0.15) is 0 Å². The molecule has 0 atom stereocenters. The molecule has 0 unspecified atom stereocenters. The van der Waals surface area contributed by atoms with Crippen molar-refractivity contribution < 1.29 is 18.7 Å². The topological polar surface area (TPSA) is 49.9 Å². The summed E-state index contributed by atoms with van der Waals surface area (Å²) in [5.74, 6) is 0.644. The van der Waals surface area contributed by atoms with Crippen LogP contribution in [-0.2, 0) is 0 Å². The van der Waals surface area contributed by atoms with E-state index < -0.39 is 5.82 Å². The van der Waals surface area contributed by atoms with Crippen LogP contribution in [0.25, 0.3) is 0 Å². The van der Waals surface area contributed by atoms with Gasteiger partial charge in [0.05, 0.1) is 5.69 Å². The van der Waals surface area contributed by atoms with Crippen molar-refractivity contribution in [3.63, 3.8) is 0 Å². The van der Waals surface area contributed by atoms with E-state index in [1.54, 1.807) is 35.2 Å². The molecule has 1 heterocycles. The molecule has 4 rings (SSSR count). The second kappa shape index (κ2) is 9.00. The van der Waals surface area contributed by atoms with E-state index in [1.807, 2.05) is 41.3 Å². The van der Waals surface area contributed by atoms with Crippen LogP contribution in [0, 0.1) is 5.82 Å². The lowest BCUT2D eigenvalue weighted by molar-refractivity contribution is 0.0746. The van der Waals surface area contributed by atoms with Crippen LogP contribution in [-0.4, -0.2) is 42.8 Å². The molecule has 0 aliphatic carbocycles. The normalized spacial score (nSPS) is 13.7. The minimum atomic E-state index is -0.418. The van der Waals surface area contributed by atoms with E-state index in [0.717, 1.165) is 0 Å². The summed E-state index contributed by atoms with van der Waals surface area (Å²) in [5.41, 5.74) is 1.36. The van der Waals surface area contributed by atoms with Crippen LogP contribution in [0.3, 0.4) is 0 Å². The van der Waals surface area contributed by atoms with Gasteiger partial charge in [-0.1, -0.05) is 24.3 Å². The number of carbonyl (C=O) groups is 2. The van der Waals surface area contributed by atoms with E-state index in [1.165, 1.54) is 13.0 Å². The van der Waals surface area contributed by atoms with Crippen molar-refractivity contribution >= 4 is 17.4 Å². The third-order valence-electron chi connectivity index (χ3n) is 5.32. The molecule has 0 aromatic heterocycles. The highest BCUT2D eigenvalue weighted by atomic mass is 19.1. The molecule has 1 aliphatic rings. The molecule has 0 radical (unpaired) electrons. The maximum Gasteiger partial charge on any atom is 0.254 e. The van der Waals surface area contributed by atoms with Gasteiger partial charge >= 0.3 is 0 Å². The number of nitrogens with zero attached hydrogens (tertiary/aromatic N) is 2. The van der Waals surface area contributed by atoms with E-state index in [9.17, 15) is 14.0 Å². The predicted molar refractivity (Wildman–Crippen MR) is 117 cm³/mol. The molecule has 158 valence electrons. The maximum absolute atomic E-state index is 14.5. The summed E-state index contributed by atoms with van der Waals surface area (Å²) in [6.07, 6.45) is 0. The fraction of sp³-hybridized carbons (Fsp3) is 0.200. The number of para-hydroxylation sites is 1. The summed E-state index contributed by atoms with van der Waals surface area (Å²) in [5, 5.41) is 0. The van der Waals surface area contributed by atoms with Crippen LogP contribution in [0.5, 0.6) is 11.5 Å². The Morgan fingerprint density at radius 2 is 1.52 bits per heavy atom. The summed E-state index contributed by atoms with van der Waals surface area (Å²) in [7, 11) is 0. The minimum Gasteiger partial charge on any atom is -0.457 e. The quantitative estimate of drug-likeness (QED) is 0.560. The molecule has 3 aromatic rings. The number of ether oxygens (including phenoxy) is 1. The number of ketones is 1. The molecular weight excluding hydrogens is 395 g/mol. The second-order valence-electron chi connectivity index (χ2n) is 7.44. The van der Waals surface area contributed by atoms with Crippen LogP contribution >= 0.6 is 0 Å². The number of anilines is 1. The number of halogens is 1. The molecule has 0 N–H and O–H groups in total. The molecule has 0 spiro atoms. The summed E-state index contributed by atoms with van der Waals surface area (Å²) in [6.45, 7) is 3.41. The lowest BCUT2D eigenvalue weighted by Gasteiger charge is -2.36. The first-order valence-corrected chi connectivity index (χ1v) is 10.2. The zero-order valence-electron chi connectivity index (χ0n) is 17.3. The number of carbonyl (C=O) groups excluding carboxylic acids is 2. The molecule has 0 saturated carbocycles. The van der Waals surface area contributed by atoms with Gasteiger partial charge in [0, 0.05) is 37.3 Å². The van der Waals surface area contributed by atoms with Gasteiger partial charge in [-0.3, -0.25) is 9.59 Å². The Kier molecular flexibility index (Phi) is 5.98. The average Bonchev–Trinajstić information content (AvgIpc) is 2.79. The molecule has 6 heteroatoms. The Morgan fingerprint density at radius 1 is 0.806 bits per heavy atom. The first-order chi connectivity index (χ1) is 15.0. The summed E-state index contributed by atoms with van der Waals surface area (Å²) < 4.78 is 20.3. The van der Waals surface area contributed by atoms with Crippen molar-refractivity contribution in [1.29, 1.82) is 0 Å². The van der Waals surface area contributed by atoms with Crippen molar-refractivity contribution in [2.75, 3.05) is 31.1 Å². The van der Waals surface area contributed by atoms with Gasteiger partial charge in [-0.25, -0.2) is 4.39 Å². The molecule has 1 saturated heterocycles. The SMILES string of the molecule is CC(=O)c1ccc(N2CCN(C(=O)c3cccc(Oc4ccccc4)c3)CC2)c(F)c1. The van der Waals surface area contributed by atoms with Crippen molar-refractivity contribution in [2.45, 2.75) is 6.92 Å². The Morgan fingerprint density at radius 3 is 2.19 bits per heavy atom. The number of benzene rings is 3. The number of rotatable bonds is 5. The maximum atomic E-state index is 14.5.